The van der Waals surface area contributed by atoms with Crippen LogP contribution in [-0.2, 0) is 11.3 Å². The molecular weight excluding hydrogens is 206 g/mol. The molecule has 0 radical (unpaired) electrons. The van der Waals surface area contributed by atoms with Crippen LogP contribution in [0.4, 0.5) is 0 Å². The second-order valence-electron chi connectivity index (χ2n) is 4.16. The van der Waals surface area contributed by atoms with E-state index in [4.69, 9.17) is 5.11 Å². The van der Waals surface area contributed by atoms with Crippen LogP contribution in [0.2, 0.25) is 0 Å². The van der Waals surface area contributed by atoms with Gasteiger partial charge in [-0.25, -0.2) is 4.98 Å². The number of likely N-dealkylation sites (N-methyl/N-ethyl adjacent to an activating group) is 1. The quantitative estimate of drug-likeness (QED) is 0.759. The van der Waals surface area contributed by atoms with Gasteiger partial charge < -0.3 is 15.0 Å². The van der Waals surface area contributed by atoms with E-state index >= 15 is 0 Å². The summed E-state index contributed by atoms with van der Waals surface area (Å²) in [6.07, 6.45) is 5.06. The average molecular weight is 225 g/mol. The van der Waals surface area contributed by atoms with Crippen molar-refractivity contribution >= 4 is 5.97 Å². The molecule has 0 bridgehead atoms. The van der Waals surface area contributed by atoms with Crippen molar-refractivity contribution in [3.05, 3.63) is 18.2 Å². The van der Waals surface area contributed by atoms with Crippen LogP contribution in [-0.4, -0.2) is 33.2 Å². The van der Waals surface area contributed by atoms with Crippen molar-refractivity contribution in [2.45, 2.75) is 38.8 Å². The van der Waals surface area contributed by atoms with Gasteiger partial charge in [-0.3, -0.25) is 4.79 Å². The number of aryl methyl sites for hydroxylation is 2. The smallest absolute Gasteiger partial charge is 0.323 e. The van der Waals surface area contributed by atoms with Gasteiger partial charge in [0.25, 0.3) is 0 Å². The van der Waals surface area contributed by atoms with E-state index in [-0.39, 0.29) is 0 Å². The van der Waals surface area contributed by atoms with E-state index in [1.807, 2.05) is 17.7 Å². The Morgan fingerprint density at radius 3 is 2.81 bits per heavy atom. The number of carboxylic acid groups (broad SMARTS) is 1. The lowest BCUT2D eigenvalue weighted by Crippen LogP contribution is -2.47. The Labute approximate surface area is 95.5 Å². The van der Waals surface area contributed by atoms with Crippen molar-refractivity contribution in [1.29, 1.82) is 0 Å². The number of hydrogen-bond acceptors (Lipinski definition) is 3. The molecule has 90 valence electrons. The largest absolute Gasteiger partial charge is 0.480 e. The fourth-order valence-corrected chi connectivity index (χ4v) is 1.58. The van der Waals surface area contributed by atoms with E-state index in [9.17, 15) is 4.79 Å². The first-order valence-corrected chi connectivity index (χ1v) is 5.39. The number of imidazole rings is 1. The normalized spacial score (nSPS) is 14.7. The molecule has 5 heteroatoms. The minimum absolute atomic E-state index is 0.594. The summed E-state index contributed by atoms with van der Waals surface area (Å²) in [6.45, 7) is 4.45. The Morgan fingerprint density at radius 1 is 1.69 bits per heavy atom. The number of aliphatic carboxylic acids is 1. The lowest BCUT2D eigenvalue weighted by molar-refractivity contribution is -0.144. The van der Waals surface area contributed by atoms with Gasteiger partial charge in [-0.2, -0.15) is 0 Å². The first-order chi connectivity index (χ1) is 7.49. The Morgan fingerprint density at radius 2 is 2.38 bits per heavy atom. The van der Waals surface area contributed by atoms with Crippen LogP contribution >= 0.6 is 0 Å². The van der Waals surface area contributed by atoms with Gasteiger partial charge in [0.2, 0.25) is 0 Å². The van der Waals surface area contributed by atoms with Crippen molar-refractivity contribution in [1.82, 2.24) is 14.9 Å². The van der Waals surface area contributed by atoms with Crippen LogP contribution in [0.25, 0.3) is 0 Å². The molecule has 0 saturated carbocycles. The van der Waals surface area contributed by atoms with Gasteiger partial charge in [-0.1, -0.05) is 0 Å². The van der Waals surface area contributed by atoms with Crippen molar-refractivity contribution < 1.29 is 9.90 Å². The molecule has 2 N–H and O–H groups in total. The topological polar surface area (TPSA) is 67.2 Å². The third kappa shape index (κ3) is 2.82. The molecule has 5 nitrogen and oxygen atoms in total. The Kier molecular flexibility index (Phi) is 4.06. The number of rotatable bonds is 6. The summed E-state index contributed by atoms with van der Waals surface area (Å²) in [5.41, 5.74) is -0.839. The molecular formula is C11H19N3O2. The van der Waals surface area contributed by atoms with Crippen LogP contribution < -0.4 is 5.32 Å². The molecule has 0 aliphatic heterocycles. The van der Waals surface area contributed by atoms with E-state index < -0.39 is 11.5 Å². The van der Waals surface area contributed by atoms with E-state index in [0.717, 1.165) is 18.8 Å². The minimum Gasteiger partial charge on any atom is -0.480 e. The van der Waals surface area contributed by atoms with Crippen LogP contribution in [0.5, 0.6) is 0 Å². The van der Waals surface area contributed by atoms with E-state index in [2.05, 4.69) is 10.3 Å². The highest BCUT2D eigenvalue weighted by molar-refractivity contribution is 5.78. The molecule has 1 aromatic rings. The number of aromatic nitrogens is 2. The standard InChI is InChI=1S/C11H19N3O2/c1-9-13-6-8-14(9)7-4-5-11(2,12-3)10(15)16/h6,8,12H,4-5,7H2,1-3H3,(H,15,16). The average Bonchev–Trinajstić information content (AvgIpc) is 2.64. The van der Waals surface area contributed by atoms with Gasteiger partial charge in [0, 0.05) is 18.9 Å². The van der Waals surface area contributed by atoms with Crippen LogP contribution in [0.1, 0.15) is 25.6 Å². The lowest BCUT2D eigenvalue weighted by atomic mass is 9.96. The zero-order valence-corrected chi connectivity index (χ0v) is 10.0. The number of hydrogen-bond donors (Lipinski definition) is 2. The molecule has 16 heavy (non-hydrogen) atoms. The second kappa shape index (κ2) is 5.12. The highest BCUT2D eigenvalue weighted by Crippen LogP contribution is 2.13. The summed E-state index contributed by atoms with van der Waals surface area (Å²) in [6, 6.07) is 0. The fraction of sp³-hybridized carbons (Fsp3) is 0.636. The molecule has 1 unspecified atom stereocenters. The van der Waals surface area contributed by atoms with Gasteiger partial charge in [0.1, 0.15) is 11.4 Å². The molecule has 0 aromatic carbocycles. The maximum atomic E-state index is 11.0. The molecule has 0 aliphatic carbocycles. The van der Waals surface area contributed by atoms with Gasteiger partial charge >= 0.3 is 5.97 Å². The predicted molar refractivity (Wildman–Crippen MR) is 61.3 cm³/mol. The summed E-state index contributed by atoms with van der Waals surface area (Å²) in [5.74, 6) is 0.152. The number of nitrogens with one attached hydrogen (secondary N) is 1. The van der Waals surface area contributed by atoms with Crippen molar-refractivity contribution in [2.75, 3.05) is 7.05 Å². The van der Waals surface area contributed by atoms with Crippen LogP contribution in [0.15, 0.2) is 12.4 Å². The predicted octanol–water partition coefficient (Wildman–Crippen LogP) is 1.03. The minimum atomic E-state index is -0.839. The molecule has 0 amide bonds. The molecule has 0 fully saturated rings. The number of carboxylic acids is 1. The summed E-state index contributed by atoms with van der Waals surface area (Å²) in [4.78, 5) is 15.1. The van der Waals surface area contributed by atoms with Gasteiger partial charge in [-0.05, 0) is 33.7 Å². The molecule has 0 spiro atoms. The highest BCUT2D eigenvalue weighted by Gasteiger charge is 2.30. The number of nitrogens with zero attached hydrogens (tertiary/aromatic N) is 2. The van der Waals surface area contributed by atoms with E-state index in [1.54, 1.807) is 20.2 Å². The second-order valence-corrected chi connectivity index (χ2v) is 4.16. The summed E-state index contributed by atoms with van der Waals surface area (Å²) < 4.78 is 2.03. The monoisotopic (exact) mass is 225 g/mol. The van der Waals surface area contributed by atoms with Crippen molar-refractivity contribution in [3.8, 4) is 0 Å². The first-order valence-electron chi connectivity index (χ1n) is 5.39. The van der Waals surface area contributed by atoms with Gasteiger partial charge in [0.05, 0.1) is 0 Å². The first kappa shape index (κ1) is 12.7. The highest BCUT2D eigenvalue weighted by atomic mass is 16.4. The zero-order chi connectivity index (χ0) is 12.2. The van der Waals surface area contributed by atoms with Crippen LogP contribution in [0, 0.1) is 6.92 Å². The Bertz CT molecular complexity index is 362. The summed E-state index contributed by atoms with van der Waals surface area (Å²) in [5, 5.41) is 11.9. The van der Waals surface area contributed by atoms with Gasteiger partial charge in [0.15, 0.2) is 0 Å². The lowest BCUT2D eigenvalue weighted by Gasteiger charge is -2.24. The fourth-order valence-electron chi connectivity index (χ4n) is 1.58. The molecule has 1 aromatic heterocycles. The Balaban J connectivity index is 2.46. The van der Waals surface area contributed by atoms with Crippen molar-refractivity contribution in [3.63, 3.8) is 0 Å². The van der Waals surface area contributed by atoms with Gasteiger partial charge in [-0.15, -0.1) is 0 Å². The molecule has 1 heterocycles. The maximum absolute atomic E-state index is 11.0. The Hall–Kier alpha value is -1.36. The SMILES string of the molecule is CNC(C)(CCCn1ccnc1C)C(=O)O. The molecule has 0 saturated heterocycles. The number of carbonyl (C=O) groups is 1. The summed E-state index contributed by atoms with van der Waals surface area (Å²) >= 11 is 0. The summed E-state index contributed by atoms with van der Waals surface area (Å²) in [7, 11) is 1.68. The maximum Gasteiger partial charge on any atom is 0.323 e. The molecule has 1 atom stereocenters. The third-order valence-electron chi connectivity index (χ3n) is 3.02. The zero-order valence-electron chi connectivity index (χ0n) is 10.0. The van der Waals surface area contributed by atoms with E-state index in [0.29, 0.717) is 6.42 Å². The van der Waals surface area contributed by atoms with Crippen molar-refractivity contribution in [2.24, 2.45) is 0 Å². The van der Waals surface area contributed by atoms with Crippen LogP contribution in [0.3, 0.4) is 0 Å². The van der Waals surface area contributed by atoms with E-state index in [1.165, 1.54) is 0 Å². The molecule has 0 aliphatic rings. The molecule has 1 rings (SSSR count). The third-order valence-corrected chi connectivity index (χ3v) is 3.02.